The molecule has 0 fully saturated rings. The Morgan fingerprint density at radius 1 is 1.41 bits per heavy atom. The zero-order valence-electron chi connectivity index (χ0n) is 10.3. The van der Waals surface area contributed by atoms with Crippen LogP contribution < -0.4 is 4.74 Å². The minimum atomic E-state index is -0.297. The molecule has 4 heteroatoms. The lowest BCUT2D eigenvalue weighted by Crippen LogP contribution is -2.02. The van der Waals surface area contributed by atoms with Crippen LogP contribution in [0.4, 0.5) is 4.39 Å². The third kappa shape index (κ3) is 3.95. The van der Waals surface area contributed by atoms with Crippen molar-refractivity contribution in [1.82, 2.24) is 0 Å². The molecule has 0 N–H and O–H groups in total. The van der Waals surface area contributed by atoms with Gasteiger partial charge < -0.3 is 4.74 Å². The van der Waals surface area contributed by atoms with E-state index in [-0.39, 0.29) is 10.6 Å². The molecule has 0 aliphatic rings. The maximum atomic E-state index is 13.4. The fourth-order valence-electron chi connectivity index (χ4n) is 1.61. The highest BCUT2D eigenvalue weighted by molar-refractivity contribution is 9.10. The Labute approximate surface area is 119 Å². The van der Waals surface area contributed by atoms with Gasteiger partial charge in [-0.25, -0.2) is 4.39 Å². The van der Waals surface area contributed by atoms with Crippen LogP contribution in [0.3, 0.4) is 0 Å². The van der Waals surface area contributed by atoms with Crippen molar-refractivity contribution < 1.29 is 9.13 Å². The summed E-state index contributed by atoms with van der Waals surface area (Å²) in [5.41, 5.74) is 0.987. The van der Waals surface area contributed by atoms with Crippen molar-refractivity contribution in [3.8, 4) is 5.75 Å². The molecule has 1 rings (SSSR count). The molecule has 0 aromatic heterocycles. The average Bonchev–Trinajstić information content (AvgIpc) is 2.31. The van der Waals surface area contributed by atoms with Gasteiger partial charge >= 0.3 is 0 Å². The molecule has 0 radical (unpaired) electrons. The Balaban J connectivity index is 2.99. The van der Waals surface area contributed by atoms with Crippen LogP contribution in [0.15, 0.2) is 16.6 Å². The van der Waals surface area contributed by atoms with E-state index in [9.17, 15) is 4.39 Å². The molecule has 0 heterocycles. The summed E-state index contributed by atoms with van der Waals surface area (Å²) in [6.45, 7) is 4.38. The molecular formula is C13H17Br2FO. The zero-order chi connectivity index (χ0) is 13.0. The Morgan fingerprint density at radius 2 is 2.06 bits per heavy atom. The van der Waals surface area contributed by atoms with E-state index in [1.807, 2.05) is 0 Å². The van der Waals surface area contributed by atoms with Crippen LogP contribution in [-0.4, -0.2) is 7.11 Å². The second-order valence-electron chi connectivity index (χ2n) is 4.22. The molecule has 96 valence electrons. The summed E-state index contributed by atoms with van der Waals surface area (Å²) in [6.07, 6.45) is 2.14. The summed E-state index contributed by atoms with van der Waals surface area (Å²) in [6, 6.07) is 3.21. The van der Waals surface area contributed by atoms with Crippen LogP contribution in [0.5, 0.6) is 5.75 Å². The normalized spacial score (nSPS) is 14.5. The highest BCUT2D eigenvalue weighted by atomic mass is 79.9. The lowest BCUT2D eigenvalue weighted by molar-refractivity contribution is 0.402. The summed E-state index contributed by atoms with van der Waals surface area (Å²) in [5, 5.41) is 0. The highest BCUT2D eigenvalue weighted by Gasteiger charge is 2.18. The molecule has 0 aliphatic carbocycles. The van der Waals surface area contributed by atoms with Gasteiger partial charge in [0, 0.05) is 16.5 Å². The first kappa shape index (κ1) is 15.0. The summed E-state index contributed by atoms with van der Waals surface area (Å²) < 4.78 is 19.1. The monoisotopic (exact) mass is 366 g/mol. The topological polar surface area (TPSA) is 9.23 Å². The fraction of sp³-hybridized carbons (Fsp3) is 0.538. The van der Waals surface area contributed by atoms with E-state index in [4.69, 9.17) is 4.74 Å². The SMILES string of the molecule is CCC(C)CC(Br)c1cc(Br)c(F)cc1OC. The second kappa shape index (κ2) is 6.74. The van der Waals surface area contributed by atoms with Gasteiger partial charge in [0.05, 0.1) is 11.6 Å². The van der Waals surface area contributed by atoms with Crippen molar-refractivity contribution in [1.29, 1.82) is 0 Å². The van der Waals surface area contributed by atoms with Crippen LogP contribution in [0.25, 0.3) is 0 Å². The van der Waals surface area contributed by atoms with E-state index in [0.717, 1.165) is 18.4 Å². The first-order valence-corrected chi connectivity index (χ1v) is 7.37. The van der Waals surface area contributed by atoms with E-state index >= 15 is 0 Å². The maximum absolute atomic E-state index is 13.4. The van der Waals surface area contributed by atoms with E-state index in [2.05, 4.69) is 45.7 Å². The van der Waals surface area contributed by atoms with Crippen molar-refractivity contribution in [3.63, 3.8) is 0 Å². The predicted octanol–water partition coefficient (Wildman–Crippen LogP) is 5.47. The highest BCUT2D eigenvalue weighted by Crippen LogP contribution is 2.38. The number of halogens is 3. The lowest BCUT2D eigenvalue weighted by atomic mass is 9.98. The third-order valence-corrected chi connectivity index (χ3v) is 4.39. The second-order valence-corrected chi connectivity index (χ2v) is 6.18. The lowest BCUT2D eigenvalue weighted by Gasteiger charge is -2.18. The minimum Gasteiger partial charge on any atom is -0.496 e. The number of methoxy groups -OCH3 is 1. The van der Waals surface area contributed by atoms with Gasteiger partial charge in [0.25, 0.3) is 0 Å². The quantitative estimate of drug-likeness (QED) is 0.627. The predicted molar refractivity (Wildman–Crippen MR) is 76.4 cm³/mol. The van der Waals surface area contributed by atoms with Gasteiger partial charge in [0.15, 0.2) is 0 Å². The number of rotatable bonds is 5. The van der Waals surface area contributed by atoms with Crippen molar-refractivity contribution in [2.45, 2.75) is 31.5 Å². The van der Waals surface area contributed by atoms with E-state index in [1.165, 1.54) is 6.07 Å². The number of alkyl halides is 1. The van der Waals surface area contributed by atoms with Gasteiger partial charge in [0.1, 0.15) is 11.6 Å². The molecule has 17 heavy (non-hydrogen) atoms. The van der Waals surface area contributed by atoms with Crippen molar-refractivity contribution in [3.05, 3.63) is 28.0 Å². The van der Waals surface area contributed by atoms with Crippen molar-refractivity contribution in [2.75, 3.05) is 7.11 Å². The van der Waals surface area contributed by atoms with Crippen molar-refractivity contribution in [2.24, 2.45) is 5.92 Å². The molecule has 2 atom stereocenters. The van der Waals surface area contributed by atoms with Gasteiger partial charge in [-0.15, -0.1) is 0 Å². The average molecular weight is 368 g/mol. The summed E-state index contributed by atoms with van der Waals surface area (Å²) in [4.78, 5) is 0.185. The van der Waals surface area contributed by atoms with Crippen LogP contribution in [0, 0.1) is 11.7 Å². The molecule has 0 spiro atoms. The standard InChI is InChI=1S/C13H17Br2FO/c1-4-8(2)5-10(14)9-6-11(15)12(16)7-13(9)17-3/h6-8,10H,4-5H2,1-3H3. The molecule has 1 aromatic rings. The minimum absolute atomic E-state index is 0.185. The van der Waals surface area contributed by atoms with Crippen molar-refractivity contribution >= 4 is 31.9 Å². The van der Waals surface area contributed by atoms with E-state index in [1.54, 1.807) is 13.2 Å². The molecule has 0 saturated carbocycles. The summed E-state index contributed by atoms with van der Waals surface area (Å²) >= 11 is 6.86. The fourth-order valence-corrected chi connectivity index (χ4v) is 2.97. The van der Waals surface area contributed by atoms with Crippen LogP contribution in [0.1, 0.15) is 37.1 Å². The molecular weight excluding hydrogens is 351 g/mol. The van der Waals surface area contributed by atoms with Crippen LogP contribution >= 0.6 is 31.9 Å². The van der Waals surface area contributed by atoms with Gasteiger partial charge in [-0.05, 0) is 34.3 Å². The van der Waals surface area contributed by atoms with Crippen LogP contribution in [-0.2, 0) is 0 Å². The van der Waals surface area contributed by atoms with Gasteiger partial charge in [-0.1, -0.05) is 36.2 Å². The molecule has 2 unspecified atom stereocenters. The number of hydrogen-bond donors (Lipinski definition) is 0. The van der Waals surface area contributed by atoms with Gasteiger partial charge in [0.2, 0.25) is 0 Å². The zero-order valence-corrected chi connectivity index (χ0v) is 13.4. The Morgan fingerprint density at radius 3 is 2.59 bits per heavy atom. The molecule has 1 nitrogen and oxygen atoms in total. The summed E-state index contributed by atoms with van der Waals surface area (Å²) in [5.74, 6) is 0.914. The smallest absolute Gasteiger partial charge is 0.141 e. The summed E-state index contributed by atoms with van der Waals surface area (Å²) in [7, 11) is 1.56. The molecule has 1 aromatic carbocycles. The first-order valence-electron chi connectivity index (χ1n) is 5.66. The maximum Gasteiger partial charge on any atom is 0.141 e. The first-order chi connectivity index (χ1) is 7.99. The number of benzene rings is 1. The third-order valence-electron chi connectivity index (χ3n) is 2.92. The number of hydrogen-bond acceptors (Lipinski definition) is 1. The Kier molecular flexibility index (Phi) is 5.93. The van der Waals surface area contributed by atoms with E-state index < -0.39 is 0 Å². The van der Waals surface area contributed by atoms with Gasteiger partial charge in [-0.2, -0.15) is 0 Å². The molecule has 0 bridgehead atoms. The molecule has 0 amide bonds. The largest absolute Gasteiger partial charge is 0.496 e. The molecule has 0 saturated heterocycles. The Hall–Kier alpha value is -0.0900. The Bertz CT molecular complexity index is 382. The van der Waals surface area contributed by atoms with Crippen LogP contribution in [0.2, 0.25) is 0 Å². The molecule has 0 aliphatic heterocycles. The van der Waals surface area contributed by atoms with E-state index in [0.29, 0.717) is 16.1 Å². The number of ether oxygens (including phenoxy) is 1. The van der Waals surface area contributed by atoms with Gasteiger partial charge in [-0.3, -0.25) is 0 Å².